The molecule has 16 aromatic carbocycles. The zero-order chi connectivity index (χ0) is 67.1. The van der Waals surface area contributed by atoms with Gasteiger partial charge in [-0.2, -0.15) is 0 Å². The highest BCUT2D eigenvalue weighted by molar-refractivity contribution is 7.26. The van der Waals surface area contributed by atoms with Gasteiger partial charge in [0.1, 0.15) is 11.2 Å². The first-order chi connectivity index (χ1) is 51.1. The topological polar surface area (TPSA) is 46.0 Å². The molecule has 0 saturated carbocycles. The number of fused-ring (bicyclic) bond motifs is 23. The van der Waals surface area contributed by atoms with E-state index in [1.165, 1.54) is 63.6 Å². The summed E-state index contributed by atoms with van der Waals surface area (Å²) in [6, 6.07) is 125. The first-order valence-corrected chi connectivity index (χ1v) is 36.0. The van der Waals surface area contributed by atoms with Crippen LogP contribution in [0.2, 0.25) is 0 Å². The van der Waals surface area contributed by atoms with Crippen LogP contribution < -0.4 is 0 Å². The van der Waals surface area contributed by atoms with E-state index < -0.39 is 0 Å². The molecule has 7 aromatic heterocycles. The third kappa shape index (κ3) is 8.19. The molecule has 0 aliphatic carbocycles. The van der Waals surface area contributed by atoms with Crippen LogP contribution in [0.25, 0.3) is 219 Å². The van der Waals surface area contributed by atoms with Crippen LogP contribution in [0, 0.1) is 0 Å². The quantitative estimate of drug-likeness (QED) is 0.152. The number of thiophene rings is 1. The number of furan rings is 2. The van der Waals surface area contributed by atoms with Gasteiger partial charge in [-0.05, 0) is 166 Å². The van der Waals surface area contributed by atoms with E-state index in [0.29, 0.717) is 0 Å². The summed E-state index contributed by atoms with van der Waals surface area (Å²) in [5.74, 6) is 0. The third-order valence-electron chi connectivity index (χ3n) is 21.9. The minimum absolute atomic E-state index is 0.855. The van der Waals surface area contributed by atoms with E-state index in [2.05, 4.69) is 352 Å². The van der Waals surface area contributed by atoms with Gasteiger partial charge in [-0.3, -0.25) is 0 Å². The maximum atomic E-state index is 7.25. The van der Waals surface area contributed by atoms with Crippen LogP contribution in [-0.2, 0) is 0 Å². The molecule has 7 heteroatoms. The summed E-state index contributed by atoms with van der Waals surface area (Å²) in [5, 5.41) is 16.4. The van der Waals surface area contributed by atoms with Crippen molar-refractivity contribution in [1.29, 1.82) is 0 Å². The van der Waals surface area contributed by atoms with Gasteiger partial charge in [0.15, 0.2) is 11.2 Å². The Labute approximate surface area is 592 Å². The van der Waals surface area contributed by atoms with Crippen molar-refractivity contribution in [3.05, 3.63) is 340 Å². The van der Waals surface area contributed by atoms with Crippen LogP contribution in [-0.4, -0.2) is 18.3 Å². The summed E-state index contributed by atoms with van der Waals surface area (Å²) in [7, 11) is 0. The van der Waals surface area contributed by atoms with Crippen molar-refractivity contribution in [2.24, 2.45) is 0 Å². The van der Waals surface area contributed by atoms with Crippen molar-refractivity contribution < 1.29 is 8.83 Å². The Kier molecular flexibility index (Phi) is 11.8. The largest absolute Gasteiger partial charge is 0.454 e. The van der Waals surface area contributed by atoms with Gasteiger partial charge in [-0.1, -0.05) is 212 Å². The molecule has 0 radical (unpaired) electrons. The number of hydrogen-bond donors (Lipinski definition) is 0. The zero-order valence-electron chi connectivity index (χ0n) is 55.3. The lowest BCUT2D eigenvalue weighted by atomic mass is 9.92. The van der Waals surface area contributed by atoms with Gasteiger partial charge in [0, 0.05) is 113 Å². The number of rotatable bonds is 8. The van der Waals surface area contributed by atoms with Gasteiger partial charge in [0.05, 0.1) is 44.1 Å². The average Bonchev–Trinajstić information content (AvgIpc) is 1.55. The number of para-hydroxylation sites is 7. The monoisotopic (exact) mass is 1330 g/mol. The Morgan fingerprint density at radius 2 is 0.650 bits per heavy atom. The number of nitrogens with zero attached hydrogens (tertiary/aromatic N) is 4. The number of hydrogen-bond acceptors (Lipinski definition) is 3. The van der Waals surface area contributed by atoms with Gasteiger partial charge in [-0.25, -0.2) is 0 Å². The molecule has 478 valence electrons. The van der Waals surface area contributed by atoms with Crippen LogP contribution in [0.1, 0.15) is 0 Å². The Morgan fingerprint density at radius 1 is 0.214 bits per heavy atom. The molecule has 7 heterocycles. The van der Waals surface area contributed by atoms with Gasteiger partial charge < -0.3 is 27.1 Å². The standard InChI is InChI=1S/C96H56N4O2S/c1-2-20-57(21-3-1)61-50-65(98-82-30-12-4-22-67(82)68-23-5-13-31-83(68)98)55-66(51-61)100-86-34-16-8-29-76(86)91-77(56-80-72-27-10-18-36-89(72)102-95(80)93(91)100)62-53-78(96-81(54-62)73-28-11-19-37-90(73)103-96)60-42-49-87-79(52-60)70-25-7-14-32-84(70)97(87)63-43-38-58(39-44-63)59-40-45-64(46-41-59)99-85-33-15-6-24-69(85)74-47-48-75-71-26-9-17-35-88(71)101-94(75)92(74)99/h1-56H. The summed E-state index contributed by atoms with van der Waals surface area (Å²) < 4.78 is 26.2. The highest BCUT2D eigenvalue weighted by Gasteiger charge is 2.27. The molecule has 0 aliphatic rings. The van der Waals surface area contributed by atoms with Crippen molar-refractivity contribution in [2.45, 2.75) is 0 Å². The summed E-state index contributed by atoms with van der Waals surface area (Å²) in [4.78, 5) is 0. The van der Waals surface area contributed by atoms with Crippen molar-refractivity contribution in [2.75, 3.05) is 0 Å². The van der Waals surface area contributed by atoms with Crippen LogP contribution in [0.4, 0.5) is 0 Å². The third-order valence-corrected chi connectivity index (χ3v) is 23.1. The average molecular weight is 1330 g/mol. The predicted octanol–water partition coefficient (Wildman–Crippen LogP) is 26.9. The fraction of sp³-hybridized carbons (Fsp3) is 0. The molecule has 0 aliphatic heterocycles. The second-order valence-electron chi connectivity index (χ2n) is 27.4. The van der Waals surface area contributed by atoms with E-state index >= 15 is 0 Å². The lowest BCUT2D eigenvalue weighted by molar-refractivity contribution is 0.670. The van der Waals surface area contributed by atoms with Crippen molar-refractivity contribution in [1.82, 2.24) is 18.3 Å². The van der Waals surface area contributed by atoms with Crippen molar-refractivity contribution in [3.8, 4) is 67.3 Å². The van der Waals surface area contributed by atoms with Gasteiger partial charge >= 0.3 is 0 Å². The highest BCUT2D eigenvalue weighted by Crippen LogP contribution is 2.51. The fourth-order valence-electron chi connectivity index (χ4n) is 17.4. The summed E-state index contributed by atoms with van der Waals surface area (Å²) in [6.45, 7) is 0. The molecule has 23 rings (SSSR count). The van der Waals surface area contributed by atoms with E-state index in [1.807, 2.05) is 17.4 Å². The van der Waals surface area contributed by atoms with Crippen molar-refractivity contribution >= 4 is 163 Å². The molecule has 0 unspecified atom stereocenters. The Hall–Kier alpha value is -13.5. The Bertz CT molecular complexity index is 7480. The first kappa shape index (κ1) is 56.4. The predicted molar refractivity (Wildman–Crippen MR) is 433 cm³/mol. The fourth-order valence-corrected chi connectivity index (χ4v) is 18.6. The van der Waals surface area contributed by atoms with Gasteiger partial charge in [0.2, 0.25) is 0 Å². The van der Waals surface area contributed by atoms with E-state index in [9.17, 15) is 0 Å². The maximum absolute atomic E-state index is 7.25. The molecule has 0 N–H and O–H groups in total. The molecular weight excluding hydrogens is 1270 g/mol. The van der Waals surface area contributed by atoms with Crippen LogP contribution in [0.5, 0.6) is 0 Å². The molecule has 0 saturated heterocycles. The molecule has 23 aromatic rings. The molecule has 0 fully saturated rings. The van der Waals surface area contributed by atoms with E-state index in [4.69, 9.17) is 8.83 Å². The van der Waals surface area contributed by atoms with E-state index in [0.717, 1.165) is 155 Å². The molecule has 0 bridgehead atoms. The smallest absolute Gasteiger partial charge is 0.160 e. The minimum atomic E-state index is 0.855. The zero-order valence-corrected chi connectivity index (χ0v) is 56.2. The summed E-state index contributed by atoms with van der Waals surface area (Å²) >= 11 is 1.88. The molecule has 6 nitrogen and oxygen atoms in total. The minimum Gasteiger partial charge on any atom is -0.454 e. The SMILES string of the molecule is c1ccc(-c2cc(-n3c4ccccc4c4ccccc43)cc(-n3c4ccccc4c4c(-c5cc(-c6ccc7c(c6)c6ccccc6n7-c6ccc(-c7ccc(-n8c9ccccc9c9ccc%10c%11ccccc%11oc%10c98)cc7)cc6)c6sc7ccccc7c6c5)cc5c6ccccc6oc5c43)c2)cc1. The van der Waals surface area contributed by atoms with Crippen molar-refractivity contribution in [3.63, 3.8) is 0 Å². The normalized spacial score (nSPS) is 12.3. The van der Waals surface area contributed by atoms with E-state index in [-0.39, 0.29) is 0 Å². The molecule has 103 heavy (non-hydrogen) atoms. The summed E-state index contributed by atoms with van der Waals surface area (Å²) in [5.41, 5.74) is 26.0. The maximum Gasteiger partial charge on any atom is 0.160 e. The Morgan fingerprint density at radius 3 is 1.30 bits per heavy atom. The van der Waals surface area contributed by atoms with Gasteiger partial charge in [-0.15, -0.1) is 11.3 Å². The Balaban J connectivity index is 0.689. The lowest BCUT2D eigenvalue weighted by Crippen LogP contribution is -2.00. The van der Waals surface area contributed by atoms with E-state index in [1.54, 1.807) is 0 Å². The second-order valence-corrected chi connectivity index (χ2v) is 28.5. The van der Waals surface area contributed by atoms with Crippen LogP contribution in [0.15, 0.2) is 349 Å². The molecule has 0 spiro atoms. The van der Waals surface area contributed by atoms with Crippen LogP contribution >= 0.6 is 11.3 Å². The number of aromatic nitrogens is 4. The molecule has 0 atom stereocenters. The highest BCUT2D eigenvalue weighted by atomic mass is 32.1. The number of benzene rings is 16. The summed E-state index contributed by atoms with van der Waals surface area (Å²) in [6.07, 6.45) is 0. The van der Waals surface area contributed by atoms with Gasteiger partial charge in [0.25, 0.3) is 0 Å². The molecule has 0 amide bonds. The second kappa shape index (κ2) is 21.5. The van der Waals surface area contributed by atoms with Crippen LogP contribution in [0.3, 0.4) is 0 Å². The first-order valence-electron chi connectivity index (χ1n) is 35.2. The lowest BCUT2D eigenvalue weighted by Gasteiger charge is -2.16. The molecular formula is C96H56N4O2S.